The lowest BCUT2D eigenvalue weighted by Gasteiger charge is -2.16. The zero-order valence-corrected chi connectivity index (χ0v) is 12.8. The second kappa shape index (κ2) is 7.92. The van der Waals surface area contributed by atoms with Crippen LogP contribution in [0.1, 0.15) is 24.0 Å². The summed E-state index contributed by atoms with van der Waals surface area (Å²) >= 11 is 0. The van der Waals surface area contributed by atoms with Crippen LogP contribution in [0.3, 0.4) is 0 Å². The average molecular weight is 294 g/mol. The van der Waals surface area contributed by atoms with Crippen molar-refractivity contribution in [3.8, 4) is 0 Å². The van der Waals surface area contributed by atoms with Gasteiger partial charge in [0.2, 0.25) is 0 Å². The van der Waals surface area contributed by atoms with Gasteiger partial charge in [0.1, 0.15) is 0 Å². The van der Waals surface area contributed by atoms with E-state index in [2.05, 4.69) is 30.3 Å². The SMILES string of the molecule is C1=C(COCc2ccccc2)C(OCc2ccccc2)CC1. The first kappa shape index (κ1) is 15.0. The Hall–Kier alpha value is -1.90. The molecule has 0 radical (unpaired) electrons. The normalized spacial score (nSPS) is 17.5. The molecule has 0 amide bonds. The van der Waals surface area contributed by atoms with E-state index in [1.54, 1.807) is 0 Å². The largest absolute Gasteiger partial charge is 0.372 e. The topological polar surface area (TPSA) is 18.5 Å². The molecule has 2 heteroatoms. The number of allylic oxidation sites excluding steroid dienone is 1. The second-order valence-corrected chi connectivity index (χ2v) is 5.62. The molecule has 2 nitrogen and oxygen atoms in total. The fourth-order valence-corrected chi connectivity index (χ4v) is 2.71. The van der Waals surface area contributed by atoms with Crippen LogP contribution in [0, 0.1) is 0 Å². The van der Waals surface area contributed by atoms with Gasteiger partial charge in [-0.15, -0.1) is 0 Å². The first-order valence-corrected chi connectivity index (χ1v) is 7.88. The van der Waals surface area contributed by atoms with Crippen molar-refractivity contribution >= 4 is 0 Å². The van der Waals surface area contributed by atoms with Crippen LogP contribution in [0.4, 0.5) is 0 Å². The standard InChI is InChI=1S/C20H22O2/c1-3-8-17(9-4-1)14-21-16-19-12-7-13-20(19)22-15-18-10-5-2-6-11-18/h1-6,8-12,20H,7,13-16H2. The summed E-state index contributed by atoms with van der Waals surface area (Å²) in [5, 5.41) is 0. The van der Waals surface area contributed by atoms with Crippen LogP contribution in [0.5, 0.6) is 0 Å². The highest BCUT2D eigenvalue weighted by molar-refractivity contribution is 5.18. The summed E-state index contributed by atoms with van der Waals surface area (Å²) in [6, 6.07) is 20.6. The molecule has 1 aliphatic rings. The van der Waals surface area contributed by atoms with Gasteiger partial charge in [-0.3, -0.25) is 0 Å². The Morgan fingerprint density at radius 1 is 0.773 bits per heavy atom. The van der Waals surface area contributed by atoms with E-state index in [-0.39, 0.29) is 6.10 Å². The molecule has 0 N–H and O–H groups in total. The van der Waals surface area contributed by atoms with E-state index < -0.39 is 0 Å². The van der Waals surface area contributed by atoms with Gasteiger partial charge in [0.05, 0.1) is 25.9 Å². The minimum Gasteiger partial charge on any atom is -0.372 e. The summed E-state index contributed by atoms with van der Waals surface area (Å²) in [6.45, 7) is 1.99. The zero-order valence-electron chi connectivity index (χ0n) is 12.8. The summed E-state index contributed by atoms with van der Waals surface area (Å²) in [7, 11) is 0. The minimum atomic E-state index is 0.205. The van der Waals surface area contributed by atoms with Gasteiger partial charge in [-0.05, 0) is 29.5 Å². The number of benzene rings is 2. The van der Waals surface area contributed by atoms with Gasteiger partial charge in [-0.1, -0.05) is 66.7 Å². The van der Waals surface area contributed by atoms with E-state index in [4.69, 9.17) is 9.47 Å². The van der Waals surface area contributed by atoms with Crippen molar-refractivity contribution in [2.24, 2.45) is 0 Å². The molecular formula is C20H22O2. The second-order valence-electron chi connectivity index (χ2n) is 5.62. The van der Waals surface area contributed by atoms with E-state index >= 15 is 0 Å². The number of hydrogen-bond donors (Lipinski definition) is 0. The molecule has 0 aliphatic heterocycles. The number of hydrogen-bond acceptors (Lipinski definition) is 2. The van der Waals surface area contributed by atoms with Crippen LogP contribution in [-0.2, 0) is 22.7 Å². The van der Waals surface area contributed by atoms with Crippen molar-refractivity contribution in [1.82, 2.24) is 0 Å². The molecule has 114 valence electrons. The van der Waals surface area contributed by atoms with Gasteiger partial charge in [0, 0.05) is 0 Å². The smallest absolute Gasteiger partial charge is 0.0814 e. The monoisotopic (exact) mass is 294 g/mol. The number of ether oxygens (including phenoxy) is 2. The first-order valence-electron chi connectivity index (χ1n) is 7.88. The molecule has 1 aliphatic carbocycles. The highest BCUT2D eigenvalue weighted by Gasteiger charge is 2.19. The Balaban J connectivity index is 1.44. The third-order valence-electron chi connectivity index (χ3n) is 3.92. The molecule has 1 unspecified atom stereocenters. The highest BCUT2D eigenvalue weighted by Crippen LogP contribution is 2.23. The quantitative estimate of drug-likeness (QED) is 0.700. The molecule has 0 spiro atoms. The molecule has 22 heavy (non-hydrogen) atoms. The van der Waals surface area contributed by atoms with Crippen molar-refractivity contribution in [3.05, 3.63) is 83.4 Å². The predicted molar refractivity (Wildman–Crippen MR) is 88.4 cm³/mol. The Morgan fingerprint density at radius 2 is 1.41 bits per heavy atom. The van der Waals surface area contributed by atoms with Crippen LogP contribution in [-0.4, -0.2) is 12.7 Å². The summed E-state index contributed by atoms with van der Waals surface area (Å²) in [5.41, 5.74) is 3.72. The molecule has 0 fully saturated rings. The van der Waals surface area contributed by atoms with Crippen LogP contribution >= 0.6 is 0 Å². The zero-order chi connectivity index (χ0) is 15.0. The maximum absolute atomic E-state index is 6.06. The molecule has 0 saturated heterocycles. The van der Waals surface area contributed by atoms with Crippen LogP contribution in [0.2, 0.25) is 0 Å². The van der Waals surface area contributed by atoms with Gasteiger partial charge in [0.25, 0.3) is 0 Å². The third-order valence-corrected chi connectivity index (χ3v) is 3.92. The van der Waals surface area contributed by atoms with Crippen LogP contribution in [0.15, 0.2) is 72.3 Å². The average Bonchev–Trinajstić information content (AvgIpc) is 3.02. The van der Waals surface area contributed by atoms with Gasteiger partial charge in [0.15, 0.2) is 0 Å². The fourth-order valence-electron chi connectivity index (χ4n) is 2.71. The predicted octanol–water partition coefficient (Wildman–Crippen LogP) is 4.51. The van der Waals surface area contributed by atoms with Crippen molar-refractivity contribution in [1.29, 1.82) is 0 Å². The molecule has 0 saturated carbocycles. The highest BCUT2D eigenvalue weighted by atomic mass is 16.5. The van der Waals surface area contributed by atoms with Crippen molar-refractivity contribution in [2.75, 3.05) is 6.61 Å². The maximum Gasteiger partial charge on any atom is 0.0814 e. The lowest BCUT2D eigenvalue weighted by Crippen LogP contribution is -2.15. The maximum atomic E-state index is 6.06. The summed E-state index contributed by atoms with van der Waals surface area (Å²) in [6.07, 6.45) is 4.62. The molecule has 2 aromatic rings. The van der Waals surface area contributed by atoms with Gasteiger partial charge < -0.3 is 9.47 Å². The minimum absolute atomic E-state index is 0.205. The molecule has 0 heterocycles. The Kier molecular flexibility index (Phi) is 5.41. The van der Waals surface area contributed by atoms with E-state index in [0.29, 0.717) is 19.8 Å². The van der Waals surface area contributed by atoms with Gasteiger partial charge in [-0.2, -0.15) is 0 Å². The van der Waals surface area contributed by atoms with Crippen molar-refractivity contribution in [2.45, 2.75) is 32.2 Å². The molecule has 0 bridgehead atoms. The van der Waals surface area contributed by atoms with Crippen LogP contribution < -0.4 is 0 Å². The van der Waals surface area contributed by atoms with Gasteiger partial charge in [-0.25, -0.2) is 0 Å². The van der Waals surface area contributed by atoms with E-state index in [9.17, 15) is 0 Å². The fraction of sp³-hybridized carbons (Fsp3) is 0.300. The third kappa shape index (κ3) is 4.30. The van der Waals surface area contributed by atoms with E-state index in [0.717, 1.165) is 12.8 Å². The molecule has 1 atom stereocenters. The summed E-state index contributed by atoms with van der Waals surface area (Å²) in [5.74, 6) is 0. The molecule has 3 rings (SSSR count). The Labute approximate surface area is 132 Å². The first-order chi connectivity index (χ1) is 10.9. The van der Waals surface area contributed by atoms with Gasteiger partial charge >= 0.3 is 0 Å². The lowest BCUT2D eigenvalue weighted by atomic mass is 10.2. The Morgan fingerprint density at radius 3 is 2.09 bits per heavy atom. The lowest BCUT2D eigenvalue weighted by molar-refractivity contribution is 0.0482. The van der Waals surface area contributed by atoms with E-state index in [1.165, 1.54) is 16.7 Å². The summed E-state index contributed by atoms with van der Waals surface area (Å²) in [4.78, 5) is 0. The molecule has 2 aromatic carbocycles. The summed E-state index contributed by atoms with van der Waals surface area (Å²) < 4.78 is 11.9. The molecular weight excluding hydrogens is 272 g/mol. The number of rotatable bonds is 7. The van der Waals surface area contributed by atoms with E-state index in [1.807, 2.05) is 36.4 Å². The Bertz CT molecular complexity index is 590. The van der Waals surface area contributed by atoms with Crippen LogP contribution in [0.25, 0.3) is 0 Å². The van der Waals surface area contributed by atoms with Crippen molar-refractivity contribution in [3.63, 3.8) is 0 Å². The van der Waals surface area contributed by atoms with Crippen molar-refractivity contribution < 1.29 is 9.47 Å². The molecule has 0 aromatic heterocycles.